The van der Waals surface area contributed by atoms with Crippen molar-refractivity contribution in [1.82, 2.24) is 34.2 Å². The number of likely N-dealkylation sites (tertiary alicyclic amines) is 1. The van der Waals surface area contributed by atoms with Gasteiger partial charge in [0.05, 0.1) is 11.8 Å². The van der Waals surface area contributed by atoms with Crippen LogP contribution in [0, 0.1) is 6.92 Å². The number of nitrogens with zero attached hydrogens (tertiary/aromatic N) is 7. The highest BCUT2D eigenvalue weighted by Gasteiger charge is 2.30. The van der Waals surface area contributed by atoms with Crippen molar-refractivity contribution >= 4 is 23.1 Å². The van der Waals surface area contributed by atoms with Crippen LogP contribution in [0.2, 0.25) is 0 Å². The highest BCUT2D eigenvalue weighted by atomic mass is 16.6. The summed E-state index contributed by atoms with van der Waals surface area (Å²) in [5.41, 5.74) is 2.99. The number of aryl methyl sites for hydroxylation is 2. The molecule has 31 heavy (non-hydrogen) atoms. The summed E-state index contributed by atoms with van der Waals surface area (Å²) in [6, 6.07) is 0.0700. The van der Waals surface area contributed by atoms with Gasteiger partial charge in [-0.1, -0.05) is 0 Å². The Morgan fingerprint density at radius 1 is 1.32 bits per heavy atom. The molecular weight excluding hydrogens is 396 g/mol. The summed E-state index contributed by atoms with van der Waals surface area (Å²) in [7, 11) is 1.95. The van der Waals surface area contributed by atoms with Gasteiger partial charge in [-0.25, -0.2) is 19.7 Å². The maximum atomic E-state index is 12.4. The Labute approximate surface area is 181 Å². The molecule has 166 valence electrons. The molecule has 0 aromatic carbocycles. The molecule has 1 N–H and O–H groups in total. The summed E-state index contributed by atoms with van der Waals surface area (Å²) in [6.45, 7) is 11.7. The van der Waals surface area contributed by atoms with Gasteiger partial charge < -0.3 is 19.5 Å². The van der Waals surface area contributed by atoms with Gasteiger partial charge in [-0.15, -0.1) is 0 Å². The zero-order valence-electron chi connectivity index (χ0n) is 19.0. The lowest BCUT2D eigenvalue weighted by atomic mass is 10.2. The summed E-state index contributed by atoms with van der Waals surface area (Å²) in [5.74, 6) is 1.47. The van der Waals surface area contributed by atoms with E-state index in [0.29, 0.717) is 24.4 Å². The molecule has 0 spiro atoms. The lowest BCUT2D eigenvalue weighted by molar-refractivity contribution is 0.0293. The molecule has 1 amide bonds. The SMILES string of the molecule is CCn1ncc(-c2nc3c(NC4CCN(C(=O)OC(C)(C)C)C4)ncnc3n2C)c1C. The highest BCUT2D eigenvalue weighted by Crippen LogP contribution is 2.28. The van der Waals surface area contributed by atoms with Crippen molar-refractivity contribution in [3.05, 3.63) is 18.2 Å². The topological polar surface area (TPSA) is 103 Å². The van der Waals surface area contributed by atoms with Crippen molar-refractivity contribution < 1.29 is 9.53 Å². The van der Waals surface area contributed by atoms with Gasteiger partial charge in [0.2, 0.25) is 0 Å². The van der Waals surface area contributed by atoms with E-state index in [2.05, 4.69) is 27.3 Å². The molecule has 1 aliphatic rings. The fraction of sp³-hybridized carbons (Fsp3) is 0.571. The Morgan fingerprint density at radius 3 is 2.77 bits per heavy atom. The van der Waals surface area contributed by atoms with Gasteiger partial charge in [0.25, 0.3) is 0 Å². The van der Waals surface area contributed by atoms with Crippen LogP contribution in [0.3, 0.4) is 0 Å². The number of aromatic nitrogens is 6. The van der Waals surface area contributed by atoms with E-state index in [4.69, 9.17) is 9.72 Å². The zero-order valence-corrected chi connectivity index (χ0v) is 19.0. The fourth-order valence-electron chi connectivity index (χ4n) is 3.89. The molecule has 10 nitrogen and oxygen atoms in total. The first-order valence-corrected chi connectivity index (χ1v) is 10.6. The lowest BCUT2D eigenvalue weighted by Gasteiger charge is -2.24. The second kappa shape index (κ2) is 7.82. The number of rotatable bonds is 4. The minimum Gasteiger partial charge on any atom is -0.444 e. The molecular formula is C21H30N8O2. The van der Waals surface area contributed by atoms with Gasteiger partial charge in [-0.3, -0.25) is 4.68 Å². The molecule has 1 unspecified atom stereocenters. The van der Waals surface area contributed by atoms with Crippen LogP contribution < -0.4 is 5.32 Å². The second-order valence-electron chi connectivity index (χ2n) is 8.90. The Kier molecular flexibility index (Phi) is 5.32. The first-order chi connectivity index (χ1) is 14.7. The third-order valence-corrected chi connectivity index (χ3v) is 5.48. The van der Waals surface area contributed by atoms with E-state index < -0.39 is 5.60 Å². The van der Waals surface area contributed by atoms with Crippen molar-refractivity contribution in [2.75, 3.05) is 18.4 Å². The molecule has 1 aliphatic heterocycles. The molecule has 4 rings (SSSR count). The Bertz CT molecular complexity index is 1110. The standard InChI is InChI=1S/C21H30N8O2/c1-7-29-13(2)15(10-24-29)18-26-16-17(22-12-23-19(16)27(18)6)25-14-8-9-28(11-14)20(30)31-21(3,4)5/h10,12,14H,7-9,11H2,1-6H3,(H,22,23,25). The van der Waals surface area contributed by atoms with E-state index in [1.165, 1.54) is 0 Å². The van der Waals surface area contributed by atoms with Crippen molar-refractivity contribution in [2.24, 2.45) is 7.05 Å². The average molecular weight is 427 g/mol. The number of ether oxygens (including phenoxy) is 1. The molecule has 4 heterocycles. The number of nitrogens with one attached hydrogen (secondary N) is 1. The first kappa shape index (κ1) is 21.1. The number of anilines is 1. The molecule has 0 bridgehead atoms. The maximum absolute atomic E-state index is 12.4. The minimum absolute atomic E-state index is 0.0700. The molecule has 10 heteroatoms. The van der Waals surface area contributed by atoms with Crippen LogP contribution in [0.25, 0.3) is 22.6 Å². The summed E-state index contributed by atoms with van der Waals surface area (Å²) in [6.07, 6.45) is 3.91. The number of fused-ring (bicyclic) bond motifs is 1. The van der Waals surface area contributed by atoms with E-state index in [0.717, 1.165) is 35.7 Å². The summed E-state index contributed by atoms with van der Waals surface area (Å²) in [4.78, 5) is 27.8. The molecule has 0 radical (unpaired) electrons. The van der Waals surface area contributed by atoms with Gasteiger partial charge in [0.1, 0.15) is 17.8 Å². The molecule has 0 saturated carbocycles. The lowest BCUT2D eigenvalue weighted by Crippen LogP contribution is -2.36. The van der Waals surface area contributed by atoms with Gasteiger partial charge in [-0.2, -0.15) is 5.10 Å². The largest absolute Gasteiger partial charge is 0.444 e. The Morgan fingerprint density at radius 2 is 2.10 bits per heavy atom. The fourth-order valence-corrected chi connectivity index (χ4v) is 3.89. The van der Waals surface area contributed by atoms with E-state index in [-0.39, 0.29) is 12.1 Å². The Hall–Kier alpha value is -3.17. The molecule has 1 saturated heterocycles. The maximum Gasteiger partial charge on any atom is 0.410 e. The summed E-state index contributed by atoms with van der Waals surface area (Å²) < 4.78 is 9.40. The number of carbonyl (C=O) groups excluding carboxylic acids is 1. The van der Waals surface area contributed by atoms with Crippen LogP contribution in [0.5, 0.6) is 0 Å². The van der Waals surface area contributed by atoms with E-state index in [1.54, 1.807) is 11.2 Å². The van der Waals surface area contributed by atoms with Crippen LogP contribution >= 0.6 is 0 Å². The normalized spacial score (nSPS) is 16.8. The third-order valence-electron chi connectivity index (χ3n) is 5.48. The average Bonchev–Trinajstić information content (AvgIpc) is 3.39. The third kappa shape index (κ3) is 4.06. The molecule has 3 aromatic rings. The molecule has 0 aliphatic carbocycles. The zero-order chi connectivity index (χ0) is 22.3. The minimum atomic E-state index is -0.504. The van der Waals surface area contributed by atoms with Crippen LogP contribution in [0.4, 0.5) is 10.6 Å². The van der Waals surface area contributed by atoms with E-state index in [1.807, 2.05) is 50.2 Å². The summed E-state index contributed by atoms with van der Waals surface area (Å²) >= 11 is 0. The van der Waals surface area contributed by atoms with Gasteiger partial charge in [0.15, 0.2) is 17.0 Å². The number of imidazole rings is 1. The predicted molar refractivity (Wildman–Crippen MR) is 118 cm³/mol. The monoisotopic (exact) mass is 426 g/mol. The van der Waals surface area contributed by atoms with Crippen LogP contribution in [0.15, 0.2) is 12.5 Å². The van der Waals surface area contributed by atoms with Gasteiger partial charge in [0, 0.05) is 38.4 Å². The van der Waals surface area contributed by atoms with Gasteiger partial charge in [-0.05, 0) is 41.0 Å². The molecule has 3 aromatic heterocycles. The van der Waals surface area contributed by atoms with Crippen molar-refractivity contribution in [1.29, 1.82) is 0 Å². The molecule has 1 fully saturated rings. The number of hydrogen-bond acceptors (Lipinski definition) is 7. The van der Waals surface area contributed by atoms with Gasteiger partial charge >= 0.3 is 6.09 Å². The molecule has 1 atom stereocenters. The Balaban J connectivity index is 1.57. The second-order valence-corrected chi connectivity index (χ2v) is 8.90. The van der Waals surface area contributed by atoms with E-state index >= 15 is 0 Å². The van der Waals surface area contributed by atoms with Crippen molar-refractivity contribution in [2.45, 2.75) is 59.2 Å². The highest BCUT2D eigenvalue weighted by molar-refractivity contribution is 5.86. The number of carbonyl (C=O) groups is 1. The first-order valence-electron chi connectivity index (χ1n) is 10.6. The van der Waals surface area contributed by atoms with Crippen molar-refractivity contribution in [3.8, 4) is 11.4 Å². The summed E-state index contributed by atoms with van der Waals surface area (Å²) in [5, 5.41) is 7.90. The predicted octanol–water partition coefficient (Wildman–Crippen LogP) is 2.98. The smallest absolute Gasteiger partial charge is 0.410 e. The van der Waals surface area contributed by atoms with Crippen LogP contribution in [0.1, 0.15) is 39.8 Å². The van der Waals surface area contributed by atoms with Crippen LogP contribution in [-0.2, 0) is 18.3 Å². The van der Waals surface area contributed by atoms with Crippen molar-refractivity contribution in [3.63, 3.8) is 0 Å². The van der Waals surface area contributed by atoms with E-state index in [9.17, 15) is 4.79 Å². The number of amides is 1. The van der Waals surface area contributed by atoms with Crippen LogP contribution in [-0.4, -0.2) is 65.0 Å². The number of hydrogen-bond donors (Lipinski definition) is 1. The quantitative estimate of drug-likeness (QED) is 0.684.